The van der Waals surface area contributed by atoms with Crippen LogP contribution in [0.1, 0.15) is 26.7 Å². The second-order valence-electron chi connectivity index (χ2n) is 3.81. The maximum Gasteiger partial charge on any atom is 0.144 e. The minimum Gasteiger partial charge on any atom is -0.367 e. The van der Waals surface area contributed by atoms with Crippen LogP contribution in [-0.2, 0) is 0 Å². The predicted molar refractivity (Wildman–Crippen MR) is 71.4 cm³/mol. The Morgan fingerprint density at radius 3 is 2.62 bits per heavy atom. The van der Waals surface area contributed by atoms with Gasteiger partial charge in [-0.05, 0) is 18.1 Å². The first kappa shape index (κ1) is 13.6. The van der Waals surface area contributed by atoms with Crippen molar-refractivity contribution in [3.05, 3.63) is 23.4 Å². The molecule has 1 heterocycles. The van der Waals surface area contributed by atoms with E-state index in [0.29, 0.717) is 23.3 Å². The number of hydrogen-bond acceptors (Lipinski definition) is 2. The molecule has 0 saturated carbocycles. The predicted octanol–water partition coefficient (Wildman–Crippen LogP) is 4.19. The van der Waals surface area contributed by atoms with Crippen molar-refractivity contribution < 1.29 is 0 Å². The van der Waals surface area contributed by atoms with Crippen molar-refractivity contribution in [2.45, 2.75) is 32.1 Å². The summed E-state index contributed by atoms with van der Waals surface area (Å²) in [5.74, 6) is 1.25. The molecule has 16 heavy (non-hydrogen) atoms. The fraction of sp³-hybridized carbons (Fsp3) is 0.583. The van der Waals surface area contributed by atoms with E-state index in [1.807, 2.05) is 12.1 Å². The zero-order chi connectivity index (χ0) is 12.0. The van der Waals surface area contributed by atoms with Crippen molar-refractivity contribution in [1.29, 1.82) is 0 Å². The zero-order valence-corrected chi connectivity index (χ0v) is 11.2. The topological polar surface area (TPSA) is 24.9 Å². The summed E-state index contributed by atoms with van der Waals surface area (Å²) in [6, 6.07) is 3.63. The summed E-state index contributed by atoms with van der Waals surface area (Å²) in [6.07, 6.45) is 3.92. The van der Waals surface area contributed by atoms with E-state index in [1.54, 1.807) is 6.20 Å². The number of rotatable bonds is 6. The van der Waals surface area contributed by atoms with E-state index in [4.69, 9.17) is 23.2 Å². The Labute approximate surface area is 107 Å². The average Bonchev–Trinajstić information content (AvgIpc) is 2.29. The normalized spacial score (nSPS) is 12.8. The lowest BCUT2D eigenvalue weighted by atomic mass is 9.99. The molecule has 1 atom stereocenters. The number of nitrogens with one attached hydrogen (secondary N) is 1. The number of anilines is 1. The Morgan fingerprint density at radius 2 is 2.06 bits per heavy atom. The molecule has 0 saturated heterocycles. The molecule has 1 aromatic heterocycles. The molecule has 0 aromatic carbocycles. The fourth-order valence-electron chi connectivity index (χ4n) is 1.68. The monoisotopic (exact) mass is 260 g/mol. The van der Waals surface area contributed by atoms with Gasteiger partial charge in [-0.1, -0.05) is 38.3 Å². The third-order valence-electron chi connectivity index (χ3n) is 2.78. The van der Waals surface area contributed by atoms with Crippen LogP contribution in [0, 0.1) is 5.92 Å². The molecule has 0 aliphatic carbocycles. The lowest BCUT2D eigenvalue weighted by Crippen LogP contribution is -2.23. The van der Waals surface area contributed by atoms with Crippen molar-refractivity contribution in [2.75, 3.05) is 11.9 Å². The third kappa shape index (κ3) is 3.84. The lowest BCUT2D eigenvalue weighted by Gasteiger charge is -2.19. The van der Waals surface area contributed by atoms with Crippen LogP contribution in [-0.4, -0.2) is 16.9 Å². The Balaban J connectivity index is 2.48. The van der Waals surface area contributed by atoms with Gasteiger partial charge in [0.2, 0.25) is 0 Å². The van der Waals surface area contributed by atoms with Gasteiger partial charge in [0, 0.05) is 12.7 Å². The SMILES string of the molecule is CCC(CC)C(Cl)CNc1ncccc1Cl. The van der Waals surface area contributed by atoms with Gasteiger partial charge >= 0.3 is 0 Å². The summed E-state index contributed by atoms with van der Waals surface area (Å²) >= 11 is 12.3. The van der Waals surface area contributed by atoms with Gasteiger partial charge < -0.3 is 5.32 Å². The molecule has 0 amide bonds. The summed E-state index contributed by atoms with van der Waals surface area (Å²) < 4.78 is 0. The number of hydrogen-bond donors (Lipinski definition) is 1. The number of alkyl halides is 1. The summed E-state index contributed by atoms with van der Waals surface area (Å²) in [4.78, 5) is 4.16. The Bertz CT molecular complexity index is 314. The second-order valence-corrected chi connectivity index (χ2v) is 4.78. The standard InChI is InChI=1S/C12H18Cl2N2/c1-3-9(4-2)11(14)8-16-12-10(13)6-5-7-15-12/h5-7,9,11H,3-4,8H2,1-2H3,(H,15,16). The van der Waals surface area contributed by atoms with Gasteiger partial charge in [-0.25, -0.2) is 4.98 Å². The van der Waals surface area contributed by atoms with Crippen molar-refractivity contribution in [3.63, 3.8) is 0 Å². The Hall–Kier alpha value is -0.470. The average molecular weight is 261 g/mol. The number of halogens is 2. The van der Waals surface area contributed by atoms with Crippen molar-refractivity contribution >= 4 is 29.0 Å². The number of nitrogens with zero attached hydrogens (tertiary/aromatic N) is 1. The molecular weight excluding hydrogens is 243 g/mol. The molecule has 0 aliphatic rings. The van der Waals surface area contributed by atoms with Crippen molar-refractivity contribution in [1.82, 2.24) is 4.98 Å². The maximum atomic E-state index is 6.32. The van der Waals surface area contributed by atoms with E-state index < -0.39 is 0 Å². The van der Waals surface area contributed by atoms with Gasteiger partial charge in [0.1, 0.15) is 5.82 Å². The highest BCUT2D eigenvalue weighted by molar-refractivity contribution is 6.32. The summed E-state index contributed by atoms with van der Waals surface area (Å²) in [7, 11) is 0. The highest BCUT2D eigenvalue weighted by atomic mass is 35.5. The van der Waals surface area contributed by atoms with Crippen molar-refractivity contribution in [3.8, 4) is 0 Å². The zero-order valence-electron chi connectivity index (χ0n) is 9.71. The first-order valence-electron chi connectivity index (χ1n) is 5.67. The van der Waals surface area contributed by atoms with Gasteiger partial charge in [-0.3, -0.25) is 0 Å². The largest absolute Gasteiger partial charge is 0.367 e. The number of aromatic nitrogens is 1. The fourth-order valence-corrected chi connectivity index (χ4v) is 2.30. The lowest BCUT2D eigenvalue weighted by molar-refractivity contribution is 0.475. The minimum atomic E-state index is 0.119. The molecule has 1 rings (SSSR count). The van der Waals surface area contributed by atoms with Crippen LogP contribution >= 0.6 is 23.2 Å². The number of pyridine rings is 1. The van der Waals surface area contributed by atoms with E-state index in [0.717, 1.165) is 12.8 Å². The van der Waals surface area contributed by atoms with Crippen LogP contribution in [0.25, 0.3) is 0 Å². The van der Waals surface area contributed by atoms with E-state index in [9.17, 15) is 0 Å². The smallest absolute Gasteiger partial charge is 0.144 e. The van der Waals surface area contributed by atoms with Crippen molar-refractivity contribution in [2.24, 2.45) is 5.92 Å². The third-order valence-corrected chi connectivity index (χ3v) is 3.60. The molecule has 1 aromatic rings. The molecular formula is C12H18Cl2N2. The molecule has 0 radical (unpaired) electrons. The molecule has 0 bridgehead atoms. The van der Waals surface area contributed by atoms with Gasteiger partial charge in [0.05, 0.1) is 10.4 Å². The van der Waals surface area contributed by atoms with Gasteiger partial charge in [-0.15, -0.1) is 11.6 Å². The first-order chi connectivity index (χ1) is 7.69. The molecule has 0 spiro atoms. The van der Waals surface area contributed by atoms with E-state index >= 15 is 0 Å². The van der Waals surface area contributed by atoms with E-state index in [1.165, 1.54) is 0 Å². The highest BCUT2D eigenvalue weighted by Crippen LogP contribution is 2.21. The summed E-state index contributed by atoms with van der Waals surface area (Å²) in [5.41, 5.74) is 0. The Kier molecular flexibility index (Phi) is 5.93. The quantitative estimate of drug-likeness (QED) is 0.776. The highest BCUT2D eigenvalue weighted by Gasteiger charge is 2.15. The molecule has 0 fully saturated rings. The first-order valence-corrected chi connectivity index (χ1v) is 6.48. The van der Waals surface area contributed by atoms with Crippen LogP contribution < -0.4 is 5.32 Å². The van der Waals surface area contributed by atoms with Crippen LogP contribution in [0.3, 0.4) is 0 Å². The maximum absolute atomic E-state index is 6.32. The molecule has 0 aliphatic heterocycles. The molecule has 1 unspecified atom stereocenters. The van der Waals surface area contributed by atoms with Crippen LogP contribution in [0.5, 0.6) is 0 Å². The van der Waals surface area contributed by atoms with Crippen LogP contribution in [0.2, 0.25) is 5.02 Å². The summed E-state index contributed by atoms with van der Waals surface area (Å²) in [5, 5.41) is 3.94. The van der Waals surface area contributed by atoms with Crippen LogP contribution in [0.15, 0.2) is 18.3 Å². The van der Waals surface area contributed by atoms with Gasteiger partial charge in [0.15, 0.2) is 0 Å². The van der Waals surface area contributed by atoms with E-state index in [2.05, 4.69) is 24.1 Å². The molecule has 1 N–H and O–H groups in total. The van der Waals surface area contributed by atoms with E-state index in [-0.39, 0.29) is 5.38 Å². The summed E-state index contributed by atoms with van der Waals surface area (Å²) in [6.45, 7) is 5.03. The molecule has 4 heteroatoms. The molecule has 2 nitrogen and oxygen atoms in total. The Morgan fingerprint density at radius 1 is 1.38 bits per heavy atom. The van der Waals surface area contributed by atoms with Crippen LogP contribution in [0.4, 0.5) is 5.82 Å². The van der Waals surface area contributed by atoms with Gasteiger partial charge in [-0.2, -0.15) is 0 Å². The van der Waals surface area contributed by atoms with Gasteiger partial charge in [0.25, 0.3) is 0 Å². The minimum absolute atomic E-state index is 0.119. The molecule has 90 valence electrons. The second kappa shape index (κ2) is 6.97.